The van der Waals surface area contributed by atoms with E-state index in [4.69, 9.17) is 4.74 Å². The van der Waals surface area contributed by atoms with Crippen LogP contribution >= 0.6 is 0 Å². The lowest BCUT2D eigenvalue weighted by Gasteiger charge is -2.30. The molecule has 0 amide bonds. The fraction of sp³-hybridized carbons (Fsp3) is 0.923. The summed E-state index contributed by atoms with van der Waals surface area (Å²) in [5.74, 6) is -0.761. The Labute approximate surface area is 119 Å². The summed E-state index contributed by atoms with van der Waals surface area (Å²) in [5, 5.41) is 8.99. The number of fused-ring (bicyclic) bond motifs is 1. The molecule has 2 heterocycles. The van der Waals surface area contributed by atoms with Gasteiger partial charge in [-0.25, -0.2) is 8.42 Å². The first-order valence-electron chi connectivity index (χ1n) is 7.33. The molecule has 3 aliphatic rings. The topological polar surface area (TPSA) is 83.9 Å². The normalized spacial score (nSPS) is 36.1. The number of hydrogen-bond acceptors (Lipinski definition) is 4. The number of rotatable bonds is 3. The van der Waals surface area contributed by atoms with Gasteiger partial charge in [0.25, 0.3) is 0 Å². The Morgan fingerprint density at radius 2 is 1.85 bits per heavy atom. The number of hydrogen-bond donors (Lipinski definition) is 1. The quantitative estimate of drug-likeness (QED) is 0.829. The summed E-state index contributed by atoms with van der Waals surface area (Å²) in [4.78, 5) is 11.6. The number of aliphatic carboxylic acids is 1. The lowest BCUT2D eigenvalue weighted by Crippen LogP contribution is -2.48. The maximum absolute atomic E-state index is 12.7. The average molecular weight is 303 g/mol. The van der Waals surface area contributed by atoms with E-state index in [1.165, 1.54) is 4.31 Å². The Bertz CT molecular complexity index is 485. The third kappa shape index (κ3) is 2.25. The Balaban J connectivity index is 1.86. The number of nitrogens with zero attached hydrogens (tertiary/aromatic N) is 1. The first-order chi connectivity index (χ1) is 9.51. The molecule has 0 aromatic carbocycles. The molecule has 0 aromatic rings. The van der Waals surface area contributed by atoms with Crippen LogP contribution in [0.5, 0.6) is 0 Å². The van der Waals surface area contributed by atoms with Crippen LogP contribution in [-0.2, 0) is 19.6 Å². The molecule has 7 heteroatoms. The largest absolute Gasteiger partial charge is 0.480 e. The second-order valence-electron chi connectivity index (χ2n) is 6.06. The summed E-state index contributed by atoms with van der Waals surface area (Å²) < 4.78 is 32.0. The molecule has 1 aliphatic carbocycles. The summed E-state index contributed by atoms with van der Waals surface area (Å²) in [7, 11) is -3.53. The Kier molecular flexibility index (Phi) is 3.77. The van der Waals surface area contributed by atoms with Gasteiger partial charge in [0, 0.05) is 19.8 Å². The predicted octanol–water partition coefficient (Wildman–Crippen LogP) is 0.680. The summed E-state index contributed by atoms with van der Waals surface area (Å²) in [6, 6.07) is -0.852. The van der Waals surface area contributed by atoms with Crippen LogP contribution in [0, 0.1) is 11.8 Å². The van der Waals surface area contributed by atoms with Crippen molar-refractivity contribution in [2.24, 2.45) is 11.8 Å². The Hall–Kier alpha value is -0.660. The zero-order valence-corrected chi connectivity index (χ0v) is 12.2. The van der Waals surface area contributed by atoms with E-state index in [1.54, 1.807) is 0 Å². The van der Waals surface area contributed by atoms with Gasteiger partial charge in [0.1, 0.15) is 6.04 Å². The van der Waals surface area contributed by atoms with E-state index in [1.807, 2.05) is 0 Å². The molecule has 3 atom stereocenters. The molecule has 1 saturated carbocycles. The number of carbonyl (C=O) groups is 1. The van der Waals surface area contributed by atoms with Gasteiger partial charge in [-0.15, -0.1) is 0 Å². The first-order valence-corrected chi connectivity index (χ1v) is 8.83. The van der Waals surface area contributed by atoms with E-state index in [2.05, 4.69) is 0 Å². The highest BCUT2D eigenvalue weighted by molar-refractivity contribution is 7.89. The van der Waals surface area contributed by atoms with Gasteiger partial charge in [-0.05, 0) is 37.5 Å². The van der Waals surface area contributed by atoms with Crippen molar-refractivity contribution in [3.63, 3.8) is 0 Å². The molecule has 20 heavy (non-hydrogen) atoms. The predicted molar refractivity (Wildman–Crippen MR) is 71.7 cm³/mol. The van der Waals surface area contributed by atoms with Crippen molar-refractivity contribution in [3.05, 3.63) is 0 Å². The van der Waals surface area contributed by atoms with E-state index in [-0.39, 0.29) is 11.8 Å². The highest BCUT2D eigenvalue weighted by Gasteiger charge is 2.53. The van der Waals surface area contributed by atoms with Crippen LogP contribution in [0.3, 0.4) is 0 Å². The van der Waals surface area contributed by atoms with Crippen LogP contribution in [0.15, 0.2) is 0 Å². The molecular weight excluding hydrogens is 282 g/mol. The van der Waals surface area contributed by atoms with Crippen molar-refractivity contribution in [1.82, 2.24) is 4.31 Å². The molecular formula is C13H21NO5S. The minimum Gasteiger partial charge on any atom is -0.480 e. The van der Waals surface area contributed by atoms with Gasteiger partial charge in [-0.2, -0.15) is 4.31 Å². The van der Waals surface area contributed by atoms with Crippen LogP contribution in [0.2, 0.25) is 0 Å². The van der Waals surface area contributed by atoms with Crippen molar-refractivity contribution in [1.29, 1.82) is 0 Å². The Morgan fingerprint density at radius 1 is 1.15 bits per heavy atom. The van der Waals surface area contributed by atoms with Crippen molar-refractivity contribution in [2.75, 3.05) is 19.8 Å². The highest BCUT2D eigenvalue weighted by atomic mass is 32.2. The second kappa shape index (κ2) is 5.27. The summed E-state index contributed by atoms with van der Waals surface area (Å²) in [6.45, 7) is 1.28. The molecule has 3 unspecified atom stereocenters. The van der Waals surface area contributed by atoms with E-state index >= 15 is 0 Å². The van der Waals surface area contributed by atoms with Crippen LogP contribution in [-0.4, -0.2) is 54.8 Å². The molecule has 2 saturated heterocycles. The molecule has 0 radical (unpaired) electrons. The standard InChI is InChI=1S/C13H21NO5S/c15-13(16)12-11-3-1-2-9(11)8-14(12)20(17,18)10-4-6-19-7-5-10/h9-12H,1-8H2,(H,15,16). The fourth-order valence-corrected chi connectivity index (χ4v) is 6.13. The lowest BCUT2D eigenvalue weighted by atomic mass is 9.94. The second-order valence-corrected chi connectivity index (χ2v) is 8.23. The van der Waals surface area contributed by atoms with E-state index in [0.717, 1.165) is 19.3 Å². The molecule has 3 fully saturated rings. The third-order valence-corrected chi connectivity index (χ3v) is 7.36. The van der Waals surface area contributed by atoms with Crippen LogP contribution < -0.4 is 0 Å². The minimum atomic E-state index is -3.53. The van der Waals surface area contributed by atoms with Gasteiger partial charge in [0.15, 0.2) is 0 Å². The zero-order chi connectivity index (χ0) is 14.3. The molecule has 0 bridgehead atoms. The molecule has 2 aliphatic heterocycles. The van der Waals surface area contributed by atoms with Gasteiger partial charge in [-0.3, -0.25) is 4.79 Å². The monoisotopic (exact) mass is 303 g/mol. The van der Waals surface area contributed by atoms with Gasteiger partial charge in [0.05, 0.1) is 5.25 Å². The van der Waals surface area contributed by atoms with Crippen LogP contribution in [0.25, 0.3) is 0 Å². The zero-order valence-electron chi connectivity index (χ0n) is 11.4. The SMILES string of the molecule is O=C(O)C1C2CCCC2CN1S(=O)(=O)C1CCOCC1. The number of ether oxygens (including phenoxy) is 1. The van der Waals surface area contributed by atoms with Crippen molar-refractivity contribution >= 4 is 16.0 Å². The van der Waals surface area contributed by atoms with Gasteiger partial charge in [-0.1, -0.05) is 6.42 Å². The molecule has 0 spiro atoms. The molecule has 3 rings (SSSR count). The van der Waals surface area contributed by atoms with Crippen molar-refractivity contribution in [3.8, 4) is 0 Å². The summed E-state index contributed by atoms with van der Waals surface area (Å²) in [5.41, 5.74) is 0. The van der Waals surface area contributed by atoms with Crippen LogP contribution in [0.4, 0.5) is 0 Å². The van der Waals surface area contributed by atoms with Crippen molar-refractivity contribution in [2.45, 2.75) is 43.4 Å². The molecule has 1 N–H and O–H groups in total. The van der Waals surface area contributed by atoms with Gasteiger partial charge >= 0.3 is 5.97 Å². The maximum Gasteiger partial charge on any atom is 0.322 e. The number of carboxylic acid groups (broad SMARTS) is 1. The number of carboxylic acids is 1. The first kappa shape index (κ1) is 14.3. The lowest BCUT2D eigenvalue weighted by molar-refractivity contribution is -0.142. The average Bonchev–Trinajstić information content (AvgIpc) is 2.99. The smallest absolute Gasteiger partial charge is 0.322 e. The number of sulfonamides is 1. The maximum atomic E-state index is 12.7. The molecule has 114 valence electrons. The minimum absolute atomic E-state index is 0.00196. The highest BCUT2D eigenvalue weighted by Crippen LogP contribution is 2.44. The van der Waals surface area contributed by atoms with Crippen LogP contribution in [0.1, 0.15) is 32.1 Å². The molecule has 0 aromatic heterocycles. The third-order valence-electron chi connectivity index (χ3n) is 5.02. The van der Waals surface area contributed by atoms with Crippen molar-refractivity contribution < 1.29 is 23.1 Å². The van der Waals surface area contributed by atoms with E-state index in [9.17, 15) is 18.3 Å². The fourth-order valence-electron chi connectivity index (χ4n) is 4.00. The van der Waals surface area contributed by atoms with Gasteiger partial charge < -0.3 is 9.84 Å². The Morgan fingerprint density at radius 3 is 2.50 bits per heavy atom. The summed E-state index contributed by atoms with van der Waals surface area (Å²) >= 11 is 0. The summed E-state index contributed by atoms with van der Waals surface area (Å²) in [6.07, 6.45) is 3.75. The van der Waals surface area contributed by atoms with E-state index < -0.39 is 27.3 Å². The molecule has 6 nitrogen and oxygen atoms in total. The van der Waals surface area contributed by atoms with Gasteiger partial charge in [0.2, 0.25) is 10.0 Å². The van der Waals surface area contributed by atoms with E-state index in [0.29, 0.717) is 32.6 Å².